The van der Waals surface area contributed by atoms with Gasteiger partial charge in [0.05, 0.1) is 13.2 Å². The second-order valence-corrected chi connectivity index (χ2v) is 4.48. The van der Waals surface area contributed by atoms with E-state index in [9.17, 15) is 9.59 Å². The number of hydrogen-bond donors (Lipinski definition) is 2. The minimum Gasteiger partial charge on any atom is -0.482 e. The molecular formula is C15H19NO5. The van der Waals surface area contributed by atoms with Crippen molar-refractivity contribution >= 4 is 11.9 Å². The first-order valence-corrected chi connectivity index (χ1v) is 6.44. The molecule has 0 aliphatic heterocycles. The highest BCUT2D eigenvalue weighted by atomic mass is 16.5. The molecule has 1 rings (SSSR count). The molecule has 2 N–H and O–H groups in total. The van der Waals surface area contributed by atoms with E-state index in [0.29, 0.717) is 31.1 Å². The number of hydrogen-bond acceptors (Lipinski definition) is 4. The zero-order valence-corrected chi connectivity index (χ0v) is 11.9. The molecule has 0 heterocycles. The number of carboxylic acids is 1. The third-order valence-electron chi connectivity index (χ3n) is 2.34. The summed E-state index contributed by atoms with van der Waals surface area (Å²) >= 11 is 0. The van der Waals surface area contributed by atoms with Crippen molar-refractivity contribution in [2.75, 3.05) is 26.4 Å². The molecule has 1 aromatic rings. The Balaban J connectivity index is 2.41. The molecule has 0 aromatic heterocycles. The number of rotatable bonds is 9. The summed E-state index contributed by atoms with van der Waals surface area (Å²) in [5, 5.41) is 11.2. The molecule has 0 spiro atoms. The highest BCUT2D eigenvalue weighted by molar-refractivity contribution is 5.94. The van der Waals surface area contributed by atoms with Crippen LogP contribution in [0.25, 0.3) is 0 Å². The number of aliphatic carboxylic acids is 1. The second kappa shape index (κ2) is 8.76. The third-order valence-corrected chi connectivity index (χ3v) is 2.34. The maximum absolute atomic E-state index is 11.9. The standard InChI is InChI=1S/C15H19NO5/c1-11(2)9-20-7-6-16-15(19)12-4-3-5-13(8-12)21-10-14(17)18/h3-5,8H,1,6-7,9-10H2,2H3,(H,16,19)(H,17,18). The summed E-state index contributed by atoms with van der Waals surface area (Å²) < 4.78 is 10.3. The Morgan fingerprint density at radius 1 is 1.33 bits per heavy atom. The Hall–Kier alpha value is -2.34. The zero-order valence-electron chi connectivity index (χ0n) is 11.9. The van der Waals surface area contributed by atoms with Crippen molar-refractivity contribution in [3.05, 3.63) is 42.0 Å². The highest BCUT2D eigenvalue weighted by Crippen LogP contribution is 2.13. The molecule has 0 unspecified atom stereocenters. The van der Waals surface area contributed by atoms with E-state index in [-0.39, 0.29) is 5.91 Å². The molecule has 0 atom stereocenters. The van der Waals surface area contributed by atoms with Crippen molar-refractivity contribution in [3.8, 4) is 5.75 Å². The van der Waals surface area contributed by atoms with E-state index in [1.165, 1.54) is 6.07 Å². The van der Waals surface area contributed by atoms with Crippen LogP contribution in [0.5, 0.6) is 5.75 Å². The van der Waals surface area contributed by atoms with Crippen LogP contribution >= 0.6 is 0 Å². The minimum absolute atomic E-state index is 0.269. The fourth-order valence-electron chi connectivity index (χ4n) is 1.46. The van der Waals surface area contributed by atoms with Gasteiger partial charge < -0.3 is 19.9 Å². The van der Waals surface area contributed by atoms with Crippen LogP contribution in [0.3, 0.4) is 0 Å². The van der Waals surface area contributed by atoms with Gasteiger partial charge >= 0.3 is 5.97 Å². The zero-order chi connectivity index (χ0) is 15.7. The van der Waals surface area contributed by atoms with Crippen molar-refractivity contribution in [1.29, 1.82) is 0 Å². The molecule has 0 saturated carbocycles. The third kappa shape index (κ3) is 7.12. The first kappa shape index (κ1) is 16.7. The fourth-order valence-corrected chi connectivity index (χ4v) is 1.46. The molecule has 0 radical (unpaired) electrons. The molecule has 1 amide bonds. The molecule has 1 aromatic carbocycles. The predicted octanol–water partition coefficient (Wildman–Crippen LogP) is 1.47. The van der Waals surface area contributed by atoms with Crippen LogP contribution in [-0.4, -0.2) is 43.3 Å². The van der Waals surface area contributed by atoms with Crippen LogP contribution in [0.1, 0.15) is 17.3 Å². The molecule has 0 bridgehead atoms. The Kier molecular flexibility index (Phi) is 6.97. The van der Waals surface area contributed by atoms with Gasteiger partial charge in [-0.3, -0.25) is 4.79 Å². The van der Waals surface area contributed by atoms with Gasteiger partial charge in [-0.1, -0.05) is 18.2 Å². The first-order valence-electron chi connectivity index (χ1n) is 6.44. The largest absolute Gasteiger partial charge is 0.482 e. The van der Waals surface area contributed by atoms with E-state index < -0.39 is 12.6 Å². The van der Waals surface area contributed by atoms with Gasteiger partial charge in [0.15, 0.2) is 6.61 Å². The summed E-state index contributed by atoms with van der Waals surface area (Å²) in [5.41, 5.74) is 1.32. The monoisotopic (exact) mass is 293 g/mol. The van der Waals surface area contributed by atoms with Crippen LogP contribution in [0.4, 0.5) is 0 Å². The average molecular weight is 293 g/mol. The van der Waals surface area contributed by atoms with Gasteiger partial charge in [-0.2, -0.15) is 0 Å². The SMILES string of the molecule is C=C(C)COCCNC(=O)c1cccc(OCC(=O)O)c1. The summed E-state index contributed by atoms with van der Waals surface area (Å²) in [6.07, 6.45) is 0. The van der Waals surface area contributed by atoms with E-state index in [0.717, 1.165) is 5.57 Å². The lowest BCUT2D eigenvalue weighted by atomic mass is 10.2. The smallest absolute Gasteiger partial charge is 0.341 e. The van der Waals surface area contributed by atoms with Gasteiger partial charge in [-0.25, -0.2) is 4.79 Å². The van der Waals surface area contributed by atoms with E-state index >= 15 is 0 Å². The summed E-state index contributed by atoms with van der Waals surface area (Å²) in [5.74, 6) is -1.00. The van der Waals surface area contributed by atoms with Crippen molar-refractivity contribution in [3.63, 3.8) is 0 Å². The van der Waals surface area contributed by atoms with Gasteiger partial charge in [0, 0.05) is 12.1 Å². The summed E-state index contributed by atoms with van der Waals surface area (Å²) in [7, 11) is 0. The predicted molar refractivity (Wildman–Crippen MR) is 77.5 cm³/mol. The maximum atomic E-state index is 11.9. The number of carbonyl (C=O) groups excluding carboxylic acids is 1. The fraction of sp³-hybridized carbons (Fsp3) is 0.333. The van der Waals surface area contributed by atoms with E-state index in [4.69, 9.17) is 14.6 Å². The molecule has 6 nitrogen and oxygen atoms in total. The van der Waals surface area contributed by atoms with Gasteiger partial charge in [0.1, 0.15) is 5.75 Å². The normalized spacial score (nSPS) is 9.95. The lowest BCUT2D eigenvalue weighted by Crippen LogP contribution is -2.27. The van der Waals surface area contributed by atoms with Crippen molar-refractivity contribution in [1.82, 2.24) is 5.32 Å². The van der Waals surface area contributed by atoms with Crippen molar-refractivity contribution < 1.29 is 24.2 Å². The topological polar surface area (TPSA) is 84.9 Å². The van der Waals surface area contributed by atoms with E-state index in [1.807, 2.05) is 6.92 Å². The molecule has 21 heavy (non-hydrogen) atoms. The average Bonchev–Trinajstić information content (AvgIpc) is 2.44. The van der Waals surface area contributed by atoms with Crippen LogP contribution in [-0.2, 0) is 9.53 Å². The van der Waals surface area contributed by atoms with Gasteiger partial charge in [-0.05, 0) is 25.1 Å². The molecule has 0 fully saturated rings. The van der Waals surface area contributed by atoms with Crippen molar-refractivity contribution in [2.45, 2.75) is 6.92 Å². The quantitative estimate of drug-likeness (QED) is 0.532. The minimum atomic E-state index is -1.07. The molecular weight excluding hydrogens is 274 g/mol. The number of nitrogens with one attached hydrogen (secondary N) is 1. The number of carbonyl (C=O) groups is 2. The highest BCUT2D eigenvalue weighted by Gasteiger charge is 2.07. The van der Waals surface area contributed by atoms with Crippen molar-refractivity contribution in [2.24, 2.45) is 0 Å². The first-order chi connectivity index (χ1) is 9.99. The van der Waals surface area contributed by atoms with E-state index in [2.05, 4.69) is 11.9 Å². The van der Waals surface area contributed by atoms with Crippen LogP contribution in [0, 0.1) is 0 Å². The molecule has 6 heteroatoms. The van der Waals surface area contributed by atoms with Crippen LogP contribution in [0.15, 0.2) is 36.4 Å². The lowest BCUT2D eigenvalue weighted by Gasteiger charge is -2.08. The Morgan fingerprint density at radius 2 is 2.10 bits per heavy atom. The van der Waals surface area contributed by atoms with Crippen LogP contribution < -0.4 is 10.1 Å². The molecule has 114 valence electrons. The summed E-state index contributed by atoms with van der Waals surface area (Å²) in [6, 6.07) is 6.34. The number of amides is 1. The van der Waals surface area contributed by atoms with Gasteiger partial charge in [-0.15, -0.1) is 0 Å². The molecule has 0 saturated heterocycles. The Morgan fingerprint density at radius 3 is 2.76 bits per heavy atom. The Bertz CT molecular complexity index is 513. The number of carboxylic acid groups (broad SMARTS) is 1. The van der Waals surface area contributed by atoms with Gasteiger partial charge in [0.25, 0.3) is 5.91 Å². The molecule has 0 aliphatic rings. The second-order valence-electron chi connectivity index (χ2n) is 4.48. The number of ether oxygens (including phenoxy) is 2. The summed E-state index contributed by atoms with van der Waals surface area (Å²) in [6.45, 7) is 6.37. The lowest BCUT2D eigenvalue weighted by molar-refractivity contribution is -0.139. The maximum Gasteiger partial charge on any atom is 0.341 e. The Labute approximate surface area is 123 Å². The van der Waals surface area contributed by atoms with E-state index in [1.54, 1.807) is 18.2 Å². The van der Waals surface area contributed by atoms with Crippen LogP contribution in [0.2, 0.25) is 0 Å². The summed E-state index contributed by atoms with van der Waals surface area (Å²) in [4.78, 5) is 22.3. The number of benzene rings is 1. The van der Waals surface area contributed by atoms with Gasteiger partial charge in [0.2, 0.25) is 0 Å². The molecule has 0 aliphatic carbocycles.